The van der Waals surface area contributed by atoms with Crippen molar-refractivity contribution in [1.82, 2.24) is 0 Å². The lowest BCUT2D eigenvalue weighted by atomic mass is 10.0. The summed E-state index contributed by atoms with van der Waals surface area (Å²) < 4.78 is 19.5. The molecule has 1 atom stereocenters. The molecule has 1 unspecified atom stereocenters. The van der Waals surface area contributed by atoms with Crippen LogP contribution in [0.3, 0.4) is 0 Å². The summed E-state index contributed by atoms with van der Waals surface area (Å²) >= 11 is 2.55. The molecule has 0 aliphatic heterocycles. The third kappa shape index (κ3) is 7.24. The number of nitrogens with one attached hydrogen (secondary N) is 2. The van der Waals surface area contributed by atoms with Crippen LogP contribution in [-0.2, 0) is 9.53 Å². The molecule has 4 aromatic carbocycles. The monoisotopic (exact) mass is 624 g/mol. The largest absolute Gasteiger partial charge is 0.462 e. The van der Waals surface area contributed by atoms with Crippen LogP contribution < -0.4 is 10.6 Å². The summed E-state index contributed by atoms with van der Waals surface area (Å²) in [6, 6.07) is 29.9. The van der Waals surface area contributed by atoms with E-state index in [2.05, 4.69) is 10.6 Å². The van der Waals surface area contributed by atoms with Gasteiger partial charge in [-0.1, -0.05) is 78.4 Å². The molecule has 2 N–H and O–H groups in total. The Morgan fingerprint density at radius 1 is 0.886 bits per heavy atom. The lowest BCUT2D eigenvalue weighted by molar-refractivity contribution is -0.115. The van der Waals surface area contributed by atoms with Gasteiger partial charge in [-0.3, -0.25) is 9.59 Å². The SMILES string of the molecule is CCOC(=O)c1c(-c2ccc(C)cc2)csc1NC(=O)C(Sc1cccc(NC(=O)c2ccccc2F)c1)c1ccccc1. The minimum Gasteiger partial charge on any atom is -0.462 e. The average molecular weight is 625 g/mol. The Labute approximate surface area is 263 Å². The predicted molar refractivity (Wildman–Crippen MR) is 175 cm³/mol. The van der Waals surface area contributed by atoms with Gasteiger partial charge in [0.2, 0.25) is 5.91 Å². The molecule has 0 bridgehead atoms. The number of hydrogen-bond donors (Lipinski definition) is 2. The van der Waals surface area contributed by atoms with Crippen LogP contribution in [0, 0.1) is 12.7 Å². The first kappa shape index (κ1) is 30.7. The van der Waals surface area contributed by atoms with E-state index in [-0.39, 0.29) is 18.1 Å². The third-order valence-corrected chi connectivity index (χ3v) is 8.82. The molecule has 5 aromatic rings. The zero-order chi connectivity index (χ0) is 31.1. The maximum atomic E-state index is 14.1. The molecule has 0 spiro atoms. The van der Waals surface area contributed by atoms with Gasteiger partial charge < -0.3 is 15.4 Å². The molecule has 0 saturated carbocycles. The van der Waals surface area contributed by atoms with Gasteiger partial charge in [0.05, 0.1) is 12.2 Å². The first-order valence-corrected chi connectivity index (χ1v) is 15.6. The molecule has 1 aromatic heterocycles. The Hall–Kier alpha value is -4.73. The van der Waals surface area contributed by atoms with E-state index in [0.29, 0.717) is 26.7 Å². The van der Waals surface area contributed by atoms with Gasteiger partial charge in [0, 0.05) is 21.5 Å². The first-order chi connectivity index (χ1) is 21.3. The number of halogens is 1. The van der Waals surface area contributed by atoms with Crippen molar-refractivity contribution in [1.29, 1.82) is 0 Å². The maximum absolute atomic E-state index is 14.1. The van der Waals surface area contributed by atoms with Gasteiger partial charge in [-0.15, -0.1) is 23.1 Å². The number of aryl methyl sites for hydroxylation is 1. The minimum absolute atomic E-state index is 0.0644. The summed E-state index contributed by atoms with van der Waals surface area (Å²) in [5, 5.41) is 7.27. The summed E-state index contributed by atoms with van der Waals surface area (Å²) in [6.45, 7) is 3.92. The van der Waals surface area contributed by atoms with E-state index in [1.807, 2.05) is 73.0 Å². The quantitative estimate of drug-likeness (QED) is 0.120. The van der Waals surface area contributed by atoms with Crippen molar-refractivity contribution in [3.8, 4) is 11.1 Å². The van der Waals surface area contributed by atoms with Gasteiger partial charge in [0.1, 0.15) is 21.6 Å². The summed E-state index contributed by atoms with van der Waals surface area (Å²) in [6.07, 6.45) is 0. The van der Waals surface area contributed by atoms with Crippen LogP contribution in [-0.4, -0.2) is 24.4 Å². The molecule has 44 heavy (non-hydrogen) atoms. The zero-order valence-electron chi connectivity index (χ0n) is 24.0. The highest BCUT2D eigenvalue weighted by atomic mass is 32.2. The molecular weight excluding hydrogens is 596 g/mol. The number of amides is 2. The first-order valence-electron chi connectivity index (χ1n) is 13.9. The molecular formula is C35H29FN2O4S2. The fourth-order valence-electron chi connectivity index (χ4n) is 4.51. The van der Waals surface area contributed by atoms with Crippen molar-refractivity contribution < 1.29 is 23.5 Å². The molecule has 0 saturated heterocycles. The third-order valence-electron chi connectivity index (χ3n) is 6.67. The Morgan fingerprint density at radius 2 is 1.61 bits per heavy atom. The van der Waals surface area contributed by atoms with Gasteiger partial charge in [-0.25, -0.2) is 9.18 Å². The number of esters is 1. The molecule has 0 aliphatic carbocycles. The number of carbonyl (C=O) groups excluding carboxylic acids is 3. The number of benzene rings is 4. The molecule has 5 rings (SSSR count). The fraction of sp³-hybridized carbons (Fsp3) is 0.114. The number of carbonyl (C=O) groups is 3. The molecule has 1 heterocycles. The number of thiophene rings is 1. The van der Waals surface area contributed by atoms with Gasteiger partial charge in [-0.05, 0) is 55.3 Å². The number of thioether (sulfide) groups is 1. The summed E-state index contributed by atoms with van der Waals surface area (Å²) in [5.41, 5.74) is 4.08. The van der Waals surface area contributed by atoms with Crippen molar-refractivity contribution in [3.63, 3.8) is 0 Å². The number of ether oxygens (including phenoxy) is 1. The lowest BCUT2D eigenvalue weighted by Gasteiger charge is -2.18. The predicted octanol–water partition coefficient (Wildman–Crippen LogP) is 8.76. The number of rotatable bonds is 10. The van der Waals surface area contributed by atoms with E-state index < -0.39 is 22.9 Å². The molecule has 2 amide bonds. The van der Waals surface area contributed by atoms with Gasteiger partial charge in [0.15, 0.2) is 0 Å². The van der Waals surface area contributed by atoms with Crippen molar-refractivity contribution in [2.24, 2.45) is 0 Å². The van der Waals surface area contributed by atoms with Crippen LogP contribution in [0.2, 0.25) is 0 Å². The zero-order valence-corrected chi connectivity index (χ0v) is 25.6. The lowest BCUT2D eigenvalue weighted by Crippen LogP contribution is -2.20. The summed E-state index contributed by atoms with van der Waals surface area (Å²) in [7, 11) is 0. The van der Waals surface area contributed by atoms with Crippen LogP contribution in [0.5, 0.6) is 0 Å². The van der Waals surface area contributed by atoms with Crippen LogP contribution in [0.4, 0.5) is 15.1 Å². The number of hydrogen-bond acceptors (Lipinski definition) is 6. The van der Waals surface area contributed by atoms with Gasteiger partial charge >= 0.3 is 5.97 Å². The average Bonchev–Trinajstić information content (AvgIpc) is 3.44. The Kier molecular flexibility index (Phi) is 9.89. The van der Waals surface area contributed by atoms with E-state index in [0.717, 1.165) is 16.7 Å². The van der Waals surface area contributed by atoms with Crippen molar-refractivity contribution in [2.75, 3.05) is 17.2 Å². The Morgan fingerprint density at radius 3 is 2.34 bits per heavy atom. The highest BCUT2D eigenvalue weighted by molar-refractivity contribution is 8.00. The minimum atomic E-state index is -0.700. The van der Waals surface area contributed by atoms with Crippen LogP contribution in [0.15, 0.2) is 113 Å². The van der Waals surface area contributed by atoms with E-state index in [4.69, 9.17) is 4.74 Å². The number of anilines is 2. The van der Waals surface area contributed by atoms with E-state index in [1.54, 1.807) is 31.2 Å². The molecule has 6 nitrogen and oxygen atoms in total. The van der Waals surface area contributed by atoms with Crippen molar-refractivity contribution in [2.45, 2.75) is 24.0 Å². The standard InChI is InChI=1S/C35H29FN2O4S2/c1-3-42-35(41)30-28(23-18-16-22(2)17-19-23)21-43-34(30)38-33(40)31(24-10-5-4-6-11-24)44-26-13-9-12-25(20-26)37-32(39)27-14-7-8-15-29(27)36/h4-21,31H,3H2,1-2H3,(H,37,39)(H,38,40). The maximum Gasteiger partial charge on any atom is 0.341 e. The van der Waals surface area contributed by atoms with Crippen molar-refractivity contribution in [3.05, 3.63) is 137 Å². The van der Waals surface area contributed by atoms with Crippen LogP contribution >= 0.6 is 23.1 Å². The summed E-state index contributed by atoms with van der Waals surface area (Å²) in [4.78, 5) is 40.5. The van der Waals surface area contributed by atoms with Gasteiger partial charge in [0.25, 0.3) is 5.91 Å². The highest BCUT2D eigenvalue weighted by Gasteiger charge is 2.27. The summed E-state index contributed by atoms with van der Waals surface area (Å²) in [5.74, 6) is -2.03. The second-order valence-electron chi connectivity index (χ2n) is 9.80. The van der Waals surface area contributed by atoms with E-state index >= 15 is 0 Å². The second kappa shape index (κ2) is 14.2. The van der Waals surface area contributed by atoms with Crippen molar-refractivity contribution >= 4 is 51.6 Å². The fourth-order valence-corrected chi connectivity index (χ4v) is 6.55. The normalized spacial score (nSPS) is 11.4. The Bertz CT molecular complexity index is 1790. The smallest absolute Gasteiger partial charge is 0.341 e. The molecule has 9 heteroatoms. The van der Waals surface area contributed by atoms with E-state index in [1.165, 1.54) is 41.3 Å². The second-order valence-corrected chi connectivity index (χ2v) is 11.9. The highest BCUT2D eigenvalue weighted by Crippen LogP contribution is 2.40. The molecule has 0 radical (unpaired) electrons. The van der Waals surface area contributed by atoms with Crippen LogP contribution in [0.1, 0.15) is 44.0 Å². The molecule has 222 valence electrons. The van der Waals surface area contributed by atoms with E-state index in [9.17, 15) is 18.8 Å². The van der Waals surface area contributed by atoms with Gasteiger partial charge in [-0.2, -0.15) is 0 Å². The topological polar surface area (TPSA) is 84.5 Å². The molecule has 0 fully saturated rings. The molecule has 0 aliphatic rings. The Balaban J connectivity index is 1.42. The van der Waals surface area contributed by atoms with Crippen LogP contribution in [0.25, 0.3) is 11.1 Å².